The normalized spacial score (nSPS) is 8.44. The summed E-state index contributed by atoms with van der Waals surface area (Å²) < 4.78 is 22.1. The summed E-state index contributed by atoms with van der Waals surface area (Å²) in [6.07, 6.45) is -0.242. The van der Waals surface area contributed by atoms with Crippen LogP contribution in [0.25, 0.3) is 0 Å². The Morgan fingerprint density at radius 3 is 2.44 bits per heavy atom. The first kappa shape index (κ1) is 8.09. The summed E-state index contributed by atoms with van der Waals surface area (Å²) in [6, 6.07) is 0. The van der Waals surface area contributed by atoms with Crippen molar-refractivity contribution in [1.29, 1.82) is 0 Å². The van der Waals surface area contributed by atoms with E-state index in [1.54, 1.807) is 0 Å². The van der Waals surface area contributed by atoms with Crippen molar-refractivity contribution >= 4 is 16.5 Å². The third-order valence-electron chi connectivity index (χ3n) is 0.522. The maximum absolute atomic E-state index is 9.72. The van der Waals surface area contributed by atoms with E-state index >= 15 is 0 Å². The summed E-state index contributed by atoms with van der Waals surface area (Å²) in [5.74, 6) is -1.05. The lowest BCUT2D eigenvalue weighted by molar-refractivity contribution is -0.136. The number of nitrogens with zero attached hydrogens (tertiary/aromatic N) is 1. The van der Waals surface area contributed by atoms with Gasteiger partial charge in [-0.15, -0.1) is 0 Å². The van der Waals surface area contributed by atoms with Gasteiger partial charge in [-0.2, -0.15) is 12.8 Å². The number of aliphatic carboxylic acids is 1. The van der Waals surface area contributed by atoms with E-state index in [0.29, 0.717) is 0 Å². The highest BCUT2D eigenvalue weighted by molar-refractivity contribution is 7.61. The van der Waals surface area contributed by atoms with Gasteiger partial charge in [0.2, 0.25) is 0 Å². The quantitative estimate of drug-likeness (QED) is 0.590. The molecule has 6 heteroatoms. The van der Waals surface area contributed by atoms with Crippen LogP contribution in [0, 0.1) is 0 Å². The van der Waals surface area contributed by atoms with E-state index in [9.17, 15) is 13.2 Å². The first-order chi connectivity index (χ1) is 4.13. The van der Waals surface area contributed by atoms with Gasteiger partial charge < -0.3 is 5.11 Å². The number of carbonyl (C=O) groups is 1. The molecule has 0 fully saturated rings. The fourth-order valence-electron chi connectivity index (χ4n) is 0.216. The molecule has 0 aliphatic rings. The van der Waals surface area contributed by atoms with Crippen LogP contribution in [0.1, 0.15) is 6.42 Å². The van der Waals surface area contributed by atoms with Crippen LogP contribution in [0.15, 0.2) is 4.36 Å². The molecular formula is C3H5NO4S. The van der Waals surface area contributed by atoms with Gasteiger partial charge in [-0.05, 0) is 0 Å². The summed E-state index contributed by atoms with van der Waals surface area (Å²) in [7, 11) is -2.47. The summed E-state index contributed by atoms with van der Waals surface area (Å²) in [5, 5.41) is 7.97. The molecule has 1 N–H and O–H groups in total. The highest BCUT2D eigenvalue weighted by atomic mass is 32.2. The SMILES string of the molecule is O=C(O)CCN=S(=O)=O. The second-order valence-corrected chi connectivity index (χ2v) is 1.91. The van der Waals surface area contributed by atoms with Crippen molar-refractivity contribution < 1.29 is 18.3 Å². The van der Waals surface area contributed by atoms with Gasteiger partial charge >= 0.3 is 16.5 Å². The van der Waals surface area contributed by atoms with Gasteiger partial charge in [0, 0.05) is 0 Å². The van der Waals surface area contributed by atoms with Gasteiger partial charge in [-0.1, -0.05) is 0 Å². The predicted molar refractivity (Wildman–Crippen MR) is 28.5 cm³/mol. The minimum absolute atomic E-state index is 0.175. The Morgan fingerprint density at radius 1 is 1.56 bits per heavy atom. The first-order valence-electron chi connectivity index (χ1n) is 2.11. The van der Waals surface area contributed by atoms with Gasteiger partial charge in [0.15, 0.2) is 0 Å². The van der Waals surface area contributed by atoms with E-state index in [0.717, 1.165) is 0 Å². The first-order valence-corrected chi connectivity index (χ1v) is 3.15. The van der Waals surface area contributed by atoms with E-state index < -0.39 is 16.5 Å². The van der Waals surface area contributed by atoms with Crippen molar-refractivity contribution in [1.82, 2.24) is 0 Å². The second kappa shape index (κ2) is 4.02. The molecule has 0 heterocycles. The monoisotopic (exact) mass is 151 g/mol. The van der Waals surface area contributed by atoms with Crippen molar-refractivity contribution in [3.63, 3.8) is 0 Å². The smallest absolute Gasteiger partial charge is 0.311 e. The second-order valence-electron chi connectivity index (χ2n) is 1.21. The van der Waals surface area contributed by atoms with Gasteiger partial charge in [0.1, 0.15) is 0 Å². The molecule has 0 aromatic carbocycles. The van der Waals surface area contributed by atoms with E-state index in [-0.39, 0.29) is 13.0 Å². The molecule has 5 nitrogen and oxygen atoms in total. The van der Waals surface area contributed by atoms with Crippen LogP contribution in [0.3, 0.4) is 0 Å². The largest absolute Gasteiger partial charge is 0.481 e. The topological polar surface area (TPSA) is 83.8 Å². The van der Waals surface area contributed by atoms with Crippen LogP contribution in [0.5, 0.6) is 0 Å². The molecule has 0 atom stereocenters. The lowest BCUT2D eigenvalue weighted by Crippen LogP contribution is -1.95. The fourth-order valence-corrected chi connectivity index (χ4v) is 0.456. The maximum Gasteiger partial charge on any atom is 0.311 e. The van der Waals surface area contributed by atoms with E-state index in [1.807, 2.05) is 0 Å². The molecular weight excluding hydrogens is 146 g/mol. The van der Waals surface area contributed by atoms with Crippen LogP contribution in [0.4, 0.5) is 0 Å². The average Bonchev–Trinajstić information content (AvgIpc) is 1.63. The third-order valence-corrected chi connectivity index (χ3v) is 0.916. The number of carboxylic acids is 1. The Labute approximate surface area is 53.0 Å². The average molecular weight is 151 g/mol. The number of rotatable bonds is 3. The molecule has 9 heavy (non-hydrogen) atoms. The molecule has 0 rings (SSSR count). The lowest BCUT2D eigenvalue weighted by Gasteiger charge is -1.80. The predicted octanol–water partition coefficient (Wildman–Crippen LogP) is -0.476. The van der Waals surface area contributed by atoms with Crippen LogP contribution < -0.4 is 0 Å². The van der Waals surface area contributed by atoms with Gasteiger partial charge in [0.25, 0.3) is 0 Å². The van der Waals surface area contributed by atoms with Crippen molar-refractivity contribution in [2.45, 2.75) is 6.42 Å². The summed E-state index contributed by atoms with van der Waals surface area (Å²) >= 11 is 0. The standard InChI is InChI=1S/C3H5NO4S/c5-3(6)1-2-4-9(7)8/h1-2H2,(H,5,6). The van der Waals surface area contributed by atoms with Crippen molar-refractivity contribution in [2.75, 3.05) is 6.54 Å². The summed E-state index contributed by atoms with van der Waals surface area (Å²) in [5.41, 5.74) is 0. The third kappa shape index (κ3) is 7.09. The molecule has 0 unspecified atom stereocenters. The Kier molecular flexibility index (Phi) is 3.61. The minimum atomic E-state index is -2.47. The van der Waals surface area contributed by atoms with Crippen LogP contribution in [-0.4, -0.2) is 26.0 Å². The zero-order valence-electron chi connectivity index (χ0n) is 4.44. The molecule has 0 aliphatic carbocycles. The van der Waals surface area contributed by atoms with Gasteiger partial charge in [-0.25, -0.2) is 0 Å². The summed E-state index contributed by atoms with van der Waals surface area (Å²) in [6.45, 7) is -0.175. The van der Waals surface area contributed by atoms with Crippen molar-refractivity contribution in [2.24, 2.45) is 4.36 Å². The highest BCUT2D eigenvalue weighted by Gasteiger charge is 1.92. The molecule has 0 aromatic heterocycles. The Morgan fingerprint density at radius 2 is 2.11 bits per heavy atom. The Bertz CT molecular complexity index is 208. The van der Waals surface area contributed by atoms with Gasteiger partial charge in [0.05, 0.1) is 13.0 Å². The summed E-state index contributed by atoms with van der Waals surface area (Å²) in [4.78, 5) is 9.72. The Hall–Kier alpha value is -0.910. The van der Waals surface area contributed by atoms with Gasteiger partial charge in [-0.3, -0.25) is 4.79 Å². The zero-order chi connectivity index (χ0) is 7.28. The zero-order valence-corrected chi connectivity index (χ0v) is 5.26. The fraction of sp³-hybridized carbons (Fsp3) is 0.667. The van der Waals surface area contributed by atoms with E-state index in [4.69, 9.17) is 5.11 Å². The number of hydrogen-bond donors (Lipinski definition) is 1. The molecule has 0 saturated heterocycles. The molecule has 0 spiro atoms. The molecule has 0 amide bonds. The molecule has 0 bridgehead atoms. The van der Waals surface area contributed by atoms with Crippen LogP contribution >= 0.6 is 0 Å². The van der Waals surface area contributed by atoms with E-state index in [1.165, 1.54) is 0 Å². The molecule has 0 saturated carbocycles. The molecule has 0 radical (unpaired) electrons. The minimum Gasteiger partial charge on any atom is -0.481 e. The van der Waals surface area contributed by atoms with Crippen LogP contribution in [0.2, 0.25) is 0 Å². The lowest BCUT2D eigenvalue weighted by atomic mass is 10.5. The molecule has 52 valence electrons. The molecule has 0 aromatic rings. The highest BCUT2D eigenvalue weighted by Crippen LogP contribution is 1.78. The maximum atomic E-state index is 9.72. The number of hydrogen-bond acceptors (Lipinski definition) is 4. The molecule has 0 aliphatic heterocycles. The van der Waals surface area contributed by atoms with Crippen LogP contribution in [-0.2, 0) is 15.3 Å². The number of carboxylic acid groups (broad SMARTS) is 1. The van der Waals surface area contributed by atoms with Crippen molar-refractivity contribution in [3.8, 4) is 0 Å². The van der Waals surface area contributed by atoms with E-state index in [2.05, 4.69) is 4.36 Å². The Balaban J connectivity index is 3.55. The van der Waals surface area contributed by atoms with Crippen molar-refractivity contribution in [3.05, 3.63) is 0 Å².